The van der Waals surface area contributed by atoms with Gasteiger partial charge in [-0.2, -0.15) is 0 Å². The minimum atomic E-state index is -0.471. The van der Waals surface area contributed by atoms with Gasteiger partial charge in [0.25, 0.3) is 0 Å². The number of rotatable bonds is 5. The van der Waals surface area contributed by atoms with Crippen molar-refractivity contribution in [3.63, 3.8) is 0 Å². The predicted octanol–water partition coefficient (Wildman–Crippen LogP) is 2.63. The first-order valence-electron chi connectivity index (χ1n) is 9.97. The predicted molar refractivity (Wildman–Crippen MR) is 110 cm³/mol. The summed E-state index contributed by atoms with van der Waals surface area (Å²) < 4.78 is 17.2. The molecular weight excluding hydrogens is 368 g/mol. The van der Waals surface area contributed by atoms with Crippen LogP contribution < -0.4 is 14.8 Å². The van der Waals surface area contributed by atoms with Crippen molar-refractivity contribution in [2.24, 2.45) is 0 Å². The van der Waals surface area contributed by atoms with Gasteiger partial charge in [0.15, 0.2) is 11.5 Å². The maximum absolute atomic E-state index is 12.2. The molecule has 2 aromatic rings. The van der Waals surface area contributed by atoms with Crippen LogP contribution in [0, 0.1) is 6.92 Å². The summed E-state index contributed by atoms with van der Waals surface area (Å²) in [7, 11) is 3.34. The number of hydrogen-bond donors (Lipinski definition) is 1. The maximum Gasteiger partial charge on any atom is 0.246 e. The number of fused-ring (bicyclic) bond motifs is 1. The molecule has 1 N–H and O–H groups in total. The number of likely N-dealkylation sites (tertiary alicyclic amines) is 1. The Hall–Kier alpha value is -2.57. The van der Waals surface area contributed by atoms with Gasteiger partial charge in [-0.25, -0.2) is 0 Å². The molecule has 2 aliphatic rings. The van der Waals surface area contributed by atoms with Crippen molar-refractivity contribution in [1.82, 2.24) is 10.2 Å². The number of morpholine rings is 1. The molecule has 0 bridgehead atoms. The summed E-state index contributed by atoms with van der Waals surface area (Å²) in [6.07, 6.45) is 0.688. The number of benzene rings is 2. The van der Waals surface area contributed by atoms with Crippen molar-refractivity contribution in [3.8, 4) is 11.5 Å². The number of nitrogens with zero attached hydrogens (tertiary/aromatic N) is 1. The number of carbonyl (C=O) groups excluding carboxylic acids is 1. The van der Waals surface area contributed by atoms with Crippen molar-refractivity contribution >= 4 is 5.91 Å². The maximum atomic E-state index is 12.2. The van der Waals surface area contributed by atoms with E-state index in [2.05, 4.69) is 35.3 Å². The monoisotopic (exact) mass is 396 g/mol. The van der Waals surface area contributed by atoms with Gasteiger partial charge < -0.3 is 19.5 Å². The van der Waals surface area contributed by atoms with Crippen molar-refractivity contribution in [1.29, 1.82) is 0 Å². The quantitative estimate of drug-likeness (QED) is 0.842. The highest BCUT2D eigenvalue weighted by atomic mass is 16.5. The zero-order chi connectivity index (χ0) is 20.4. The first kappa shape index (κ1) is 19.7. The molecule has 0 aromatic heterocycles. The van der Waals surface area contributed by atoms with Gasteiger partial charge in [0, 0.05) is 25.2 Å². The van der Waals surface area contributed by atoms with Crippen molar-refractivity contribution < 1.29 is 19.0 Å². The molecule has 154 valence electrons. The summed E-state index contributed by atoms with van der Waals surface area (Å²) in [5.41, 5.74) is 2.86. The SMILES string of the molecule is COc1cc(C)cc(CN2CC[C@@]3(c4ccccc4)NC(=O)CO[C@@H]3C2)c1OC. The topological polar surface area (TPSA) is 60.0 Å². The van der Waals surface area contributed by atoms with Gasteiger partial charge in [0.2, 0.25) is 5.91 Å². The van der Waals surface area contributed by atoms with Gasteiger partial charge >= 0.3 is 0 Å². The van der Waals surface area contributed by atoms with Crippen molar-refractivity contribution in [2.75, 3.05) is 33.9 Å². The first-order valence-corrected chi connectivity index (χ1v) is 9.97. The highest BCUT2D eigenvalue weighted by Gasteiger charge is 2.49. The highest BCUT2D eigenvalue weighted by Crippen LogP contribution is 2.39. The van der Waals surface area contributed by atoms with Crippen LogP contribution in [0.4, 0.5) is 0 Å². The zero-order valence-electron chi connectivity index (χ0n) is 17.2. The zero-order valence-corrected chi connectivity index (χ0v) is 17.2. The minimum Gasteiger partial charge on any atom is -0.493 e. The van der Waals surface area contributed by atoms with Gasteiger partial charge in [-0.15, -0.1) is 0 Å². The number of amides is 1. The summed E-state index contributed by atoms with van der Waals surface area (Å²) in [5, 5.41) is 3.25. The Morgan fingerprint density at radius 3 is 2.72 bits per heavy atom. The van der Waals surface area contributed by atoms with Crippen LogP contribution in [0.25, 0.3) is 0 Å². The third kappa shape index (κ3) is 3.70. The fraction of sp³-hybridized carbons (Fsp3) is 0.435. The van der Waals surface area contributed by atoms with E-state index >= 15 is 0 Å². The highest BCUT2D eigenvalue weighted by molar-refractivity contribution is 5.79. The Bertz CT molecular complexity index is 886. The van der Waals surface area contributed by atoms with Crippen LogP contribution in [0.15, 0.2) is 42.5 Å². The molecule has 0 spiro atoms. The Labute approximate surface area is 171 Å². The summed E-state index contributed by atoms with van der Waals surface area (Å²) in [6.45, 7) is 4.47. The summed E-state index contributed by atoms with van der Waals surface area (Å²) in [5.74, 6) is 1.47. The minimum absolute atomic E-state index is 0.0522. The molecule has 6 nitrogen and oxygen atoms in total. The Morgan fingerprint density at radius 2 is 2.00 bits per heavy atom. The first-order chi connectivity index (χ1) is 14.1. The molecule has 2 aromatic carbocycles. The largest absolute Gasteiger partial charge is 0.493 e. The Kier molecular flexibility index (Phi) is 5.48. The smallest absolute Gasteiger partial charge is 0.246 e. The third-order valence-electron chi connectivity index (χ3n) is 5.96. The van der Waals surface area contributed by atoms with E-state index < -0.39 is 5.54 Å². The number of carbonyl (C=O) groups is 1. The Morgan fingerprint density at radius 1 is 1.21 bits per heavy atom. The summed E-state index contributed by atoms with van der Waals surface area (Å²) >= 11 is 0. The second kappa shape index (κ2) is 8.05. The van der Waals surface area contributed by atoms with Crippen molar-refractivity contribution in [2.45, 2.75) is 31.5 Å². The van der Waals surface area contributed by atoms with E-state index in [0.717, 1.165) is 54.2 Å². The van der Waals surface area contributed by atoms with Crippen LogP contribution in [-0.4, -0.2) is 50.8 Å². The number of nitrogens with one attached hydrogen (secondary N) is 1. The number of ether oxygens (including phenoxy) is 3. The number of piperidine rings is 1. The molecule has 0 radical (unpaired) electrons. The van der Waals surface area contributed by atoms with Crippen LogP contribution in [0.5, 0.6) is 11.5 Å². The molecule has 0 aliphatic carbocycles. The van der Waals surface area contributed by atoms with Gasteiger partial charge in [-0.05, 0) is 30.5 Å². The molecule has 1 amide bonds. The lowest BCUT2D eigenvalue weighted by Crippen LogP contribution is -2.66. The number of methoxy groups -OCH3 is 2. The second-order valence-corrected chi connectivity index (χ2v) is 7.83. The van der Waals surface area contributed by atoms with E-state index in [4.69, 9.17) is 14.2 Å². The van der Waals surface area contributed by atoms with E-state index in [1.165, 1.54) is 0 Å². The Balaban J connectivity index is 1.59. The number of hydrogen-bond acceptors (Lipinski definition) is 5. The lowest BCUT2D eigenvalue weighted by atomic mass is 9.77. The number of aryl methyl sites for hydroxylation is 1. The van der Waals surface area contributed by atoms with Gasteiger partial charge in [0.1, 0.15) is 6.61 Å². The van der Waals surface area contributed by atoms with E-state index in [-0.39, 0.29) is 18.6 Å². The van der Waals surface area contributed by atoms with Crippen LogP contribution in [0.1, 0.15) is 23.1 Å². The lowest BCUT2D eigenvalue weighted by molar-refractivity contribution is -0.152. The van der Waals surface area contributed by atoms with Crippen molar-refractivity contribution in [3.05, 3.63) is 59.2 Å². The molecule has 2 atom stereocenters. The van der Waals surface area contributed by atoms with Crippen LogP contribution in [-0.2, 0) is 21.6 Å². The average molecular weight is 396 g/mol. The van der Waals surface area contributed by atoms with Crippen LogP contribution in [0.2, 0.25) is 0 Å². The fourth-order valence-electron chi connectivity index (χ4n) is 4.61. The van der Waals surface area contributed by atoms with Gasteiger partial charge in [-0.3, -0.25) is 9.69 Å². The van der Waals surface area contributed by atoms with Crippen LogP contribution in [0.3, 0.4) is 0 Å². The molecule has 0 saturated carbocycles. The third-order valence-corrected chi connectivity index (χ3v) is 5.96. The molecular formula is C23H28N2O4. The molecule has 0 unspecified atom stereocenters. The van der Waals surface area contributed by atoms with Gasteiger partial charge in [-0.1, -0.05) is 36.4 Å². The molecule has 2 fully saturated rings. The molecule has 2 aliphatic heterocycles. The van der Waals surface area contributed by atoms with E-state index in [9.17, 15) is 4.79 Å². The standard InChI is InChI=1S/C23H28N2O4/c1-16-11-17(22(28-3)19(12-16)27-2)13-25-10-9-23(18-7-5-4-6-8-18)20(14-25)29-15-21(26)24-23/h4-8,11-12,20H,9-10,13-15H2,1-3H3,(H,24,26)/t20-,23+/m1/s1. The normalized spacial score (nSPS) is 24.5. The van der Waals surface area contributed by atoms with Crippen LogP contribution >= 0.6 is 0 Å². The molecule has 6 heteroatoms. The molecule has 2 saturated heterocycles. The molecule has 2 heterocycles. The summed E-state index contributed by atoms with van der Waals surface area (Å²) in [6, 6.07) is 14.3. The van der Waals surface area contributed by atoms with E-state index in [1.807, 2.05) is 24.3 Å². The average Bonchev–Trinajstić information content (AvgIpc) is 2.74. The van der Waals surface area contributed by atoms with Gasteiger partial charge in [0.05, 0.1) is 25.9 Å². The van der Waals surface area contributed by atoms with E-state index in [0.29, 0.717) is 0 Å². The lowest BCUT2D eigenvalue weighted by Gasteiger charge is -2.50. The molecule has 4 rings (SSSR count). The second-order valence-electron chi connectivity index (χ2n) is 7.83. The fourth-order valence-corrected chi connectivity index (χ4v) is 4.61. The molecule has 29 heavy (non-hydrogen) atoms. The van der Waals surface area contributed by atoms with E-state index in [1.54, 1.807) is 14.2 Å². The summed E-state index contributed by atoms with van der Waals surface area (Å²) in [4.78, 5) is 14.5.